The van der Waals surface area contributed by atoms with Gasteiger partial charge in [0.2, 0.25) is 0 Å². The third-order valence-electron chi connectivity index (χ3n) is 8.05. The van der Waals surface area contributed by atoms with Gasteiger partial charge >= 0.3 is 5.97 Å². The molecule has 15 heteroatoms. The second-order valence-corrected chi connectivity index (χ2v) is 13.4. The minimum Gasteiger partial charge on any atom is -0.471 e. The first-order chi connectivity index (χ1) is 28.0. The molecule has 1 unspecified atom stereocenters. The van der Waals surface area contributed by atoms with Gasteiger partial charge in [0, 0.05) is 51.2 Å². The first-order valence-electron chi connectivity index (χ1n) is 19.7. The van der Waals surface area contributed by atoms with Gasteiger partial charge in [0.05, 0.1) is 84.5 Å². The zero-order chi connectivity index (χ0) is 43.0. The molecule has 3 aromatic rings. The Morgan fingerprint density at radius 1 is 0.776 bits per heavy atom. The predicted molar refractivity (Wildman–Crippen MR) is 224 cm³/mol. The number of ether oxygens (including phenoxy) is 7. The van der Waals surface area contributed by atoms with Crippen LogP contribution < -0.4 is 5.32 Å². The van der Waals surface area contributed by atoms with Crippen molar-refractivity contribution in [3.05, 3.63) is 89.0 Å². The fourth-order valence-electron chi connectivity index (χ4n) is 5.32. The molecule has 1 saturated heterocycles. The largest absolute Gasteiger partial charge is 0.471 e. The van der Waals surface area contributed by atoms with Crippen molar-refractivity contribution in [1.82, 2.24) is 19.8 Å². The smallest absolute Gasteiger partial charge is 0.356 e. The molecule has 4 rings (SSSR count). The average Bonchev–Trinajstić information content (AvgIpc) is 3.22. The van der Waals surface area contributed by atoms with Crippen molar-refractivity contribution in [1.29, 1.82) is 0 Å². The Balaban J connectivity index is 0.00000113. The van der Waals surface area contributed by atoms with Crippen LogP contribution in [-0.4, -0.2) is 145 Å². The quantitative estimate of drug-likeness (QED) is 0.167. The van der Waals surface area contributed by atoms with E-state index in [0.717, 1.165) is 48.0 Å². The van der Waals surface area contributed by atoms with Crippen molar-refractivity contribution in [2.24, 2.45) is 0 Å². The number of benzene rings is 1. The third kappa shape index (κ3) is 22.4. The number of hydrogen-bond donors (Lipinski definition) is 1. The Labute approximate surface area is 345 Å². The monoisotopic (exact) mass is 813 g/mol. The van der Waals surface area contributed by atoms with E-state index in [9.17, 15) is 9.59 Å². The maximum Gasteiger partial charge on any atom is 0.356 e. The first kappa shape index (κ1) is 51.5. The molecular weight excluding hydrogens is 746 g/mol. The van der Waals surface area contributed by atoms with Crippen LogP contribution in [0, 0.1) is 6.92 Å². The number of nitrogens with one attached hydrogen (secondary N) is 1. The lowest BCUT2D eigenvalue weighted by Gasteiger charge is -2.32. The summed E-state index contributed by atoms with van der Waals surface area (Å²) in [5.74, 6) is -0.470. The van der Waals surface area contributed by atoms with E-state index < -0.39 is 5.97 Å². The molecule has 1 aliphatic rings. The summed E-state index contributed by atoms with van der Waals surface area (Å²) in [5, 5.41) is 3.17. The molecule has 15 nitrogen and oxygen atoms in total. The summed E-state index contributed by atoms with van der Waals surface area (Å²) in [7, 11) is 4.57. The number of hydrogen-bond acceptors (Lipinski definition) is 15. The van der Waals surface area contributed by atoms with Crippen LogP contribution >= 0.6 is 0 Å². The highest BCUT2D eigenvalue weighted by Gasteiger charge is 2.25. The van der Waals surface area contributed by atoms with Crippen molar-refractivity contribution in [2.45, 2.75) is 59.7 Å². The van der Waals surface area contributed by atoms with Gasteiger partial charge in [-0.3, -0.25) is 24.4 Å². The molecule has 1 N–H and O–H groups in total. The van der Waals surface area contributed by atoms with Crippen LogP contribution in [0.1, 0.15) is 73.8 Å². The highest BCUT2D eigenvalue weighted by Crippen LogP contribution is 2.29. The molecule has 0 amide bonds. The molecule has 58 heavy (non-hydrogen) atoms. The van der Waals surface area contributed by atoms with Crippen LogP contribution in [0.25, 0.3) is 0 Å². The third-order valence-corrected chi connectivity index (χ3v) is 8.05. The van der Waals surface area contributed by atoms with E-state index in [1.54, 1.807) is 6.07 Å². The minimum atomic E-state index is -0.470. The Hall–Kier alpha value is -4.51. The fourth-order valence-corrected chi connectivity index (χ4v) is 5.32. The molecular formula is C43H67N5O10. The van der Waals surface area contributed by atoms with E-state index in [2.05, 4.69) is 47.8 Å². The van der Waals surface area contributed by atoms with E-state index in [1.165, 1.54) is 14.2 Å². The molecule has 0 spiro atoms. The summed E-state index contributed by atoms with van der Waals surface area (Å²) in [6.07, 6.45) is 0. The maximum absolute atomic E-state index is 12.3. The lowest BCUT2D eigenvalue weighted by Crippen LogP contribution is -2.36. The minimum absolute atomic E-state index is 0.236. The zero-order valence-corrected chi connectivity index (χ0v) is 36.1. The molecule has 324 valence electrons. The van der Waals surface area contributed by atoms with Gasteiger partial charge < -0.3 is 38.5 Å². The van der Waals surface area contributed by atoms with Crippen LogP contribution in [0.5, 0.6) is 0 Å². The number of methoxy groups -OCH3 is 2. The molecule has 0 bridgehead atoms. The Morgan fingerprint density at radius 3 is 1.76 bits per heavy atom. The van der Waals surface area contributed by atoms with E-state index in [1.807, 2.05) is 85.0 Å². The van der Waals surface area contributed by atoms with Gasteiger partial charge in [0.15, 0.2) is 0 Å². The maximum atomic E-state index is 12.3. The number of esters is 1. The van der Waals surface area contributed by atoms with Crippen LogP contribution in [0.15, 0.2) is 60.7 Å². The lowest BCUT2D eigenvalue weighted by atomic mass is 10.00. The molecule has 1 aromatic carbocycles. The number of aryl methyl sites for hydroxylation is 1. The number of anilines is 1. The second-order valence-electron chi connectivity index (χ2n) is 13.4. The van der Waals surface area contributed by atoms with Crippen LogP contribution in [-0.2, 0) is 49.3 Å². The van der Waals surface area contributed by atoms with Crippen molar-refractivity contribution >= 4 is 24.6 Å². The first-order valence-corrected chi connectivity index (χ1v) is 19.7. The Morgan fingerprint density at radius 2 is 1.31 bits per heavy atom. The van der Waals surface area contributed by atoms with Gasteiger partial charge in [-0.15, -0.1) is 0 Å². The Bertz CT molecular complexity index is 1500. The molecule has 0 saturated carbocycles. The van der Waals surface area contributed by atoms with Gasteiger partial charge in [-0.05, 0) is 69.7 Å². The lowest BCUT2D eigenvalue weighted by molar-refractivity contribution is -0.138. The van der Waals surface area contributed by atoms with Crippen molar-refractivity contribution < 1.29 is 47.5 Å². The summed E-state index contributed by atoms with van der Waals surface area (Å²) >= 11 is 0. The molecule has 1 aliphatic heterocycles. The van der Waals surface area contributed by atoms with Gasteiger partial charge in [0.1, 0.15) is 11.3 Å². The average molecular weight is 814 g/mol. The number of nitrogens with zero attached hydrogens (tertiary/aromatic N) is 4. The predicted octanol–water partition coefficient (Wildman–Crippen LogP) is 5.36. The zero-order valence-electron chi connectivity index (χ0n) is 36.1. The van der Waals surface area contributed by atoms with Gasteiger partial charge in [0.25, 0.3) is 12.9 Å². The van der Waals surface area contributed by atoms with Gasteiger partial charge in [-0.2, -0.15) is 0 Å². The van der Waals surface area contributed by atoms with Crippen LogP contribution in [0.3, 0.4) is 0 Å². The summed E-state index contributed by atoms with van der Waals surface area (Å²) in [4.78, 5) is 44.8. The summed E-state index contributed by atoms with van der Waals surface area (Å²) in [6, 6.07) is 19.5. The van der Waals surface area contributed by atoms with E-state index >= 15 is 0 Å². The highest BCUT2D eigenvalue weighted by atomic mass is 16.5. The molecule has 0 aliphatic carbocycles. The number of aromatic nitrogens is 2. The van der Waals surface area contributed by atoms with E-state index in [0.29, 0.717) is 78.9 Å². The van der Waals surface area contributed by atoms with Crippen molar-refractivity contribution in [3.63, 3.8) is 0 Å². The van der Waals surface area contributed by atoms with Crippen molar-refractivity contribution in [3.8, 4) is 0 Å². The van der Waals surface area contributed by atoms with Crippen LogP contribution in [0.4, 0.5) is 5.69 Å². The van der Waals surface area contributed by atoms with E-state index in [-0.39, 0.29) is 17.3 Å². The standard InChI is InChI=1S/C34H47N5O6.C5H10O2.C2H4O2.C2H6/c1-27-6-4-7-30(36-27)26-38-14-18-42-22-24-44-20-16-39(17-21-45-25-23-43-19-15-38)33(28-10-12-29(35-2)13-11-28)31-8-5-9-32(37-31)34(40)41-3;1-5(2,3)7-4-6;1-4-2-3;1-2/h4-13,33,35H,14-26H2,1-3H3;4H,1-3H3;2H,1H3;1-2H3. The van der Waals surface area contributed by atoms with Gasteiger partial charge in [-0.25, -0.2) is 9.78 Å². The molecule has 2 aromatic heterocycles. The topological polar surface area (TPSA) is 160 Å². The highest BCUT2D eigenvalue weighted by molar-refractivity contribution is 5.87. The molecule has 1 fully saturated rings. The summed E-state index contributed by atoms with van der Waals surface area (Å²) in [5.41, 5.74) is 4.80. The normalized spacial score (nSPS) is 15.7. The van der Waals surface area contributed by atoms with Gasteiger partial charge in [-0.1, -0.05) is 38.1 Å². The molecule has 1 atom stereocenters. The molecule has 0 radical (unpaired) electrons. The molecule has 3 heterocycles. The van der Waals surface area contributed by atoms with Crippen LogP contribution in [0.2, 0.25) is 0 Å². The van der Waals surface area contributed by atoms with E-state index in [4.69, 9.17) is 33.5 Å². The SMILES string of the molecule is CC.CC(C)(C)OC=O.CNc1ccc(C(c2cccc(C(=O)OC)n2)N2CCOCCOCCN(Cc3cccc(C)n3)CCOCCOCC2)cc1.COC=O. The summed E-state index contributed by atoms with van der Waals surface area (Å²) < 4.78 is 37.3. The fraction of sp³-hybridized carbons (Fsp3) is 0.558. The summed E-state index contributed by atoms with van der Waals surface area (Å²) in [6.45, 7) is 20.0. The number of carbonyl (C=O) groups is 3. The number of rotatable bonds is 9. The number of carbonyl (C=O) groups excluding carboxylic acids is 3. The Kier molecular flexibility index (Phi) is 28.0. The second kappa shape index (κ2) is 31.5. The van der Waals surface area contributed by atoms with Crippen molar-refractivity contribution in [2.75, 3.05) is 106 Å². The number of pyridine rings is 2.